The van der Waals surface area contributed by atoms with Crippen LogP contribution in [0.1, 0.15) is 19.3 Å². The summed E-state index contributed by atoms with van der Waals surface area (Å²) in [5.41, 5.74) is 1.14. The Morgan fingerprint density at radius 3 is 2.50 bits per heavy atom. The standard InChI is InChI=1S/C12H16O4/c1-15-11(13)6-8-4-9-3-7(8)5-10(9)12(14)16-2/h6-7,9-10H,3-5H2,1-2H3/b8-6+. The molecule has 0 N–H and O–H groups in total. The molecule has 2 fully saturated rings. The van der Waals surface area contributed by atoms with E-state index >= 15 is 0 Å². The quantitative estimate of drug-likeness (QED) is 0.524. The van der Waals surface area contributed by atoms with Crippen molar-refractivity contribution in [2.24, 2.45) is 17.8 Å². The third-order valence-corrected chi connectivity index (χ3v) is 3.73. The van der Waals surface area contributed by atoms with Crippen molar-refractivity contribution in [1.82, 2.24) is 0 Å². The van der Waals surface area contributed by atoms with Crippen molar-refractivity contribution in [2.45, 2.75) is 19.3 Å². The molecule has 0 spiro atoms. The highest BCUT2D eigenvalue weighted by Crippen LogP contribution is 2.51. The van der Waals surface area contributed by atoms with Crippen LogP contribution in [0.25, 0.3) is 0 Å². The number of hydrogen-bond acceptors (Lipinski definition) is 4. The summed E-state index contributed by atoms with van der Waals surface area (Å²) in [7, 11) is 2.81. The third-order valence-electron chi connectivity index (χ3n) is 3.73. The van der Waals surface area contributed by atoms with Gasteiger partial charge in [0.2, 0.25) is 0 Å². The van der Waals surface area contributed by atoms with Gasteiger partial charge in [0.15, 0.2) is 0 Å². The molecule has 2 rings (SSSR count). The summed E-state index contributed by atoms with van der Waals surface area (Å²) in [6.07, 6.45) is 4.24. The topological polar surface area (TPSA) is 52.6 Å². The average Bonchev–Trinajstić information content (AvgIpc) is 2.87. The van der Waals surface area contributed by atoms with Gasteiger partial charge in [0, 0.05) is 6.08 Å². The molecule has 2 aliphatic rings. The number of methoxy groups -OCH3 is 2. The van der Waals surface area contributed by atoms with Crippen molar-refractivity contribution < 1.29 is 19.1 Å². The van der Waals surface area contributed by atoms with Gasteiger partial charge in [0.25, 0.3) is 0 Å². The zero-order valence-corrected chi connectivity index (χ0v) is 9.56. The van der Waals surface area contributed by atoms with E-state index in [2.05, 4.69) is 4.74 Å². The van der Waals surface area contributed by atoms with E-state index in [-0.39, 0.29) is 17.9 Å². The Labute approximate surface area is 94.6 Å². The van der Waals surface area contributed by atoms with Crippen LogP contribution in [0.5, 0.6) is 0 Å². The molecular formula is C12H16O4. The fourth-order valence-corrected chi connectivity index (χ4v) is 2.95. The number of esters is 2. The van der Waals surface area contributed by atoms with Gasteiger partial charge in [-0.2, -0.15) is 0 Å². The van der Waals surface area contributed by atoms with Gasteiger partial charge in [-0.25, -0.2) is 4.79 Å². The molecule has 2 bridgehead atoms. The molecule has 2 aliphatic carbocycles. The summed E-state index contributed by atoms with van der Waals surface area (Å²) in [6.45, 7) is 0. The maximum absolute atomic E-state index is 11.5. The molecule has 0 radical (unpaired) electrons. The third kappa shape index (κ3) is 1.84. The van der Waals surface area contributed by atoms with E-state index < -0.39 is 0 Å². The monoisotopic (exact) mass is 224 g/mol. The lowest BCUT2D eigenvalue weighted by molar-refractivity contribution is -0.146. The maximum Gasteiger partial charge on any atom is 0.330 e. The Balaban J connectivity index is 2.03. The highest BCUT2D eigenvalue weighted by Gasteiger charge is 2.46. The molecule has 4 nitrogen and oxygen atoms in total. The van der Waals surface area contributed by atoms with E-state index in [0.717, 1.165) is 24.8 Å². The number of ether oxygens (including phenoxy) is 2. The fourth-order valence-electron chi connectivity index (χ4n) is 2.95. The van der Waals surface area contributed by atoms with Gasteiger partial charge in [-0.05, 0) is 31.1 Å². The molecule has 3 atom stereocenters. The van der Waals surface area contributed by atoms with Gasteiger partial charge in [0.1, 0.15) is 0 Å². The number of carbonyl (C=O) groups excluding carboxylic acids is 2. The van der Waals surface area contributed by atoms with Crippen LogP contribution in [0.2, 0.25) is 0 Å². The highest BCUT2D eigenvalue weighted by atomic mass is 16.5. The Hall–Kier alpha value is -1.32. The Morgan fingerprint density at radius 2 is 2.00 bits per heavy atom. The average molecular weight is 224 g/mol. The lowest BCUT2D eigenvalue weighted by Gasteiger charge is -2.20. The first kappa shape index (κ1) is 11.2. The molecule has 0 amide bonds. The van der Waals surface area contributed by atoms with Gasteiger partial charge >= 0.3 is 11.9 Å². The maximum atomic E-state index is 11.5. The van der Waals surface area contributed by atoms with Gasteiger partial charge in [-0.1, -0.05) is 5.57 Å². The molecule has 0 aromatic rings. The van der Waals surface area contributed by atoms with E-state index in [9.17, 15) is 9.59 Å². The Morgan fingerprint density at radius 1 is 1.25 bits per heavy atom. The van der Waals surface area contributed by atoms with Crippen molar-refractivity contribution in [3.05, 3.63) is 11.6 Å². The fraction of sp³-hybridized carbons (Fsp3) is 0.667. The predicted octanol–water partition coefficient (Wildman–Crippen LogP) is 1.30. The minimum Gasteiger partial charge on any atom is -0.469 e. The van der Waals surface area contributed by atoms with Gasteiger partial charge in [-0.3, -0.25) is 4.79 Å². The second-order valence-electron chi connectivity index (χ2n) is 4.50. The summed E-state index contributed by atoms with van der Waals surface area (Å²) < 4.78 is 9.38. The normalized spacial score (nSPS) is 34.1. The molecule has 4 heteroatoms. The van der Waals surface area contributed by atoms with E-state index in [1.165, 1.54) is 14.2 Å². The number of rotatable bonds is 2. The molecule has 0 saturated heterocycles. The van der Waals surface area contributed by atoms with E-state index in [4.69, 9.17) is 4.74 Å². The molecule has 16 heavy (non-hydrogen) atoms. The van der Waals surface area contributed by atoms with E-state index in [0.29, 0.717) is 11.8 Å². The van der Waals surface area contributed by atoms with Crippen LogP contribution in [0.4, 0.5) is 0 Å². The minimum atomic E-state index is -0.294. The summed E-state index contributed by atoms with van der Waals surface area (Å²) in [6, 6.07) is 0. The molecule has 0 heterocycles. The first-order chi connectivity index (χ1) is 7.65. The second kappa shape index (κ2) is 4.28. The Bertz CT molecular complexity index is 345. The summed E-state index contributed by atoms with van der Waals surface area (Å²) in [4.78, 5) is 22.6. The number of hydrogen-bond donors (Lipinski definition) is 0. The van der Waals surface area contributed by atoms with Crippen LogP contribution in [-0.4, -0.2) is 26.2 Å². The number of carbonyl (C=O) groups is 2. The van der Waals surface area contributed by atoms with Crippen molar-refractivity contribution in [3.63, 3.8) is 0 Å². The highest BCUT2D eigenvalue weighted by molar-refractivity contribution is 5.83. The first-order valence-corrected chi connectivity index (χ1v) is 5.52. The van der Waals surface area contributed by atoms with Crippen LogP contribution in [0.3, 0.4) is 0 Å². The van der Waals surface area contributed by atoms with Crippen molar-refractivity contribution in [2.75, 3.05) is 14.2 Å². The molecule has 2 saturated carbocycles. The van der Waals surface area contributed by atoms with Crippen LogP contribution in [-0.2, 0) is 19.1 Å². The van der Waals surface area contributed by atoms with Gasteiger partial charge in [0.05, 0.1) is 20.1 Å². The van der Waals surface area contributed by atoms with Crippen LogP contribution >= 0.6 is 0 Å². The molecular weight excluding hydrogens is 208 g/mol. The molecule has 0 aromatic heterocycles. The smallest absolute Gasteiger partial charge is 0.330 e. The van der Waals surface area contributed by atoms with Crippen molar-refractivity contribution >= 4 is 11.9 Å². The van der Waals surface area contributed by atoms with Crippen LogP contribution < -0.4 is 0 Å². The number of allylic oxidation sites excluding steroid dienone is 1. The number of fused-ring (bicyclic) bond motifs is 2. The Kier molecular flexibility index (Phi) is 2.99. The van der Waals surface area contributed by atoms with Crippen LogP contribution in [0.15, 0.2) is 11.6 Å². The largest absolute Gasteiger partial charge is 0.469 e. The second-order valence-corrected chi connectivity index (χ2v) is 4.50. The van der Waals surface area contributed by atoms with Gasteiger partial charge < -0.3 is 9.47 Å². The predicted molar refractivity (Wildman–Crippen MR) is 56.4 cm³/mol. The SMILES string of the molecule is COC(=O)/C=C1\CC2CC1CC2C(=O)OC. The molecule has 0 aliphatic heterocycles. The summed E-state index contributed by atoms with van der Waals surface area (Å²) in [5, 5.41) is 0. The summed E-state index contributed by atoms with van der Waals surface area (Å²) >= 11 is 0. The van der Waals surface area contributed by atoms with Crippen LogP contribution in [0, 0.1) is 17.8 Å². The molecule has 88 valence electrons. The zero-order chi connectivity index (χ0) is 11.7. The minimum absolute atomic E-state index is 0.0322. The lowest BCUT2D eigenvalue weighted by Crippen LogP contribution is -2.23. The van der Waals surface area contributed by atoms with Gasteiger partial charge in [-0.15, -0.1) is 0 Å². The molecule has 0 aromatic carbocycles. The summed E-state index contributed by atoms with van der Waals surface area (Å²) in [5.74, 6) is 0.355. The van der Waals surface area contributed by atoms with Crippen molar-refractivity contribution in [1.29, 1.82) is 0 Å². The zero-order valence-electron chi connectivity index (χ0n) is 9.56. The lowest BCUT2D eigenvalue weighted by atomic mass is 9.85. The first-order valence-electron chi connectivity index (χ1n) is 5.52. The van der Waals surface area contributed by atoms with E-state index in [1.54, 1.807) is 6.08 Å². The molecule has 3 unspecified atom stereocenters. The van der Waals surface area contributed by atoms with Crippen molar-refractivity contribution in [3.8, 4) is 0 Å². The van der Waals surface area contributed by atoms with E-state index in [1.807, 2.05) is 0 Å².